The van der Waals surface area contributed by atoms with E-state index >= 15 is 0 Å². The number of benzene rings is 1. The van der Waals surface area contributed by atoms with Crippen LogP contribution >= 0.6 is 22.6 Å². The van der Waals surface area contributed by atoms with E-state index in [1.165, 1.54) is 13.8 Å². The van der Waals surface area contributed by atoms with Crippen LogP contribution in [0.15, 0.2) is 24.3 Å². The Hall–Kier alpha value is -1.31. The Morgan fingerprint density at radius 3 is 2.39 bits per heavy atom. The second-order valence-electron chi connectivity index (χ2n) is 4.22. The van der Waals surface area contributed by atoms with Crippen molar-refractivity contribution in [1.82, 2.24) is 5.32 Å². The number of carboxylic acid groups (broad SMARTS) is 1. The summed E-state index contributed by atoms with van der Waals surface area (Å²) < 4.78 is 6.31. The molecule has 0 heterocycles. The van der Waals surface area contributed by atoms with Gasteiger partial charge in [-0.05, 0) is 60.7 Å². The fourth-order valence-electron chi connectivity index (χ4n) is 1.12. The number of nitrogens with one attached hydrogen (secondary N) is 1. The van der Waals surface area contributed by atoms with Gasteiger partial charge in [-0.2, -0.15) is 0 Å². The Morgan fingerprint density at radius 2 is 1.89 bits per heavy atom. The molecule has 0 aromatic heterocycles. The van der Waals surface area contributed by atoms with Crippen molar-refractivity contribution in [3.63, 3.8) is 0 Å². The molecule has 1 amide bonds. The Labute approximate surface area is 119 Å². The second kappa shape index (κ2) is 6.03. The molecule has 1 aromatic rings. The molecule has 0 unspecified atom stereocenters. The smallest absolute Gasteiger partial charge is 0.328 e. The van der Waals surface area contributed by atoms with Crippen molar-refractivity contribution in [2.75, 3.05) is 6.61 Å². The van der Waals surface area contributed by atoms with Gasteiger partial charge >= 0.3 is 5.97 Å². The van der Waals surface area contributed by atoms with Crippen LogP contribution in [0.1, 0.15) is 13.8 Å². The zero-order valence-electron chi connectivity index (χ0n) is 10.1. The van der Waals surface area contributed by atoms with E-state index in [9.17, 15) is 9.59 Å². The van der Waals surface area contributed by atoms with Gasteiger partial charge in [0.2, 0.25) is 0 Å². The van der Waals surface area contributed by atoms with Crippen molar-refractivity contribution in [2.45, 2.75) is 19.4 Å². The van der Waals surface area contributed by atoms with E-state index in [4.69, 9.17) is 9.84 Å². The van der Waals surface area contributed by atoms with Crippen LogP contribution in [0.2, 0.25) is 0 Å². The lowest BCUT2D eigenvalue weighted by molar-refractivity contribution is -0.146. The predicted octanol–water partition coefficient (Wildman–Crippen LogP) is 1.65. The van der Waals surface area contributed by atoms with Crippen molar-refractivity contribution >= 4 is 34.5 Å². The molecule has 0 bridgehead atoms. The molecular weight excluding hydrogens is 349 g/mol. The quantitative estimate of drug-likeness (QED) is 0.781. The summed E-state index contributed by atoms with van der Waals surface area (Å²) in [6, 6.07) is 7.21. The Bertz CT molecular complexity index is 442. The summed E-state index contributed by atoms with van der Waals surface area (Å²) in [6.07, 6.45) is 0. The number of amides is 1. The maximum Gasteiger partial charge on any atom is 0.328 e. The van der Waals surface area contributed by atoms with Crippen molar-refractivity contribution in [3.8, 4) is 5.75 Å². The van der Waals surface area contributed by atoms with Gasteiger partial charge in [0.05, 0.1) is 0 Å². The molecular formula is C12H14INO4. The maximum absolute atomic E-state index is 11.5. The molecule has 0 spiro atoms. The van der Waals surface area contributed by atoms with E-state index in [0.29, 0.717) is 5.75 Å². The molecule has 5 nitrogen and oxygen atoms in total. The van der Waals surface area contributed by atoms with Gasteiger partial charge in [-0.3, -0.25) is 4.79 Å². The normalized spacial score (nSPS) is 10.8. The molecule has 98 valence electrons. The van der Waals surface area contributed by atoms with Gasteiger partial charge in [-0.1, -0.05) is 0 Å². The Balaban J connectivity index is 2.47. The average molecular weight is 363 g/mol. The SMILES string of the molecule is CC(C)(NC(=O)COc1ccc(I)cc1)C(=O)O. The van der Waals surface area contributed by atoms with Gasteiger partial charge in [0.25, 0.3) is 5.91 Å². The lowest BCUT2D eigenvalue weighted by Crippen LogP contribution is -2.51. The van der Waals surface area contributed by atoms with Crippen LogP contribution in [0, 0.1) is 3.57 Å². The zero-order chi connectivity index (χ0) is 13.8. The highest BCUT2D eigenvalue weighted by molar-refractivity contribution is 14.1. The van der Waals surface area contributed by atoms with Crippen LogP contribution in [-0.2, 0) is 9.59 Å². The number of hydrogen-bond acceptors (Lipinski definition) is 3. The van der Waals surface area contributed by atoms with E-state index in [2.05, 4.69) is 27.9 Å². The van der Waals surface area contributed by atoms with Crippen molar-refractivity contribution < 1.29 is 19.4 Å². The molecule has 0 saturated carbocycles. The topological polar surface area (TPSA) is 75.6 Å². The number of carboxylic acids is 1. The number of aliphatic carboxylic acids is 1. The van der Waals surface area contributed by atoms with Gasteiger partial charge in [0, 0.05) is 3.57 Å². The monoisotopic (exact) mass is 363 g/mol. The van der Waals surface area contributed by atoms with E-state index in [1.807, 2.05) is 12.1 Å². The molecule has 0 fully saturated rings. The number of rotatable bonds is 5. The number of halogens is 1. The minimum absolute atomic E-state index is 0.211. The number of carbonyl (C=O) groups is 2. The lowest BCUT2D eigenvalue weighted by atomic mass is 10.1. The first-order chi connectivity index (χ1) is 8.31. The van der Waals surface area contributed by atoms with Crippen molar-refractivity contribution in [1.29, 1.82) is 0 Å². The Morgan fingerprint density at radius 1 is 1.33 bits per heavy atom. The van der Waals surface area contributed by atoms with Crippen LogP contribution < -0.4 is 10.1 Å². The first-order valence-corrected chi connectivity index (χ1v) is 6.32. The fourth-order valence-corrected chi connectivity index (χ4v) is 1.48. The van der Waals surface area contributed by atoms with Crippen molar-refractivity contribution in [2.24, 2.45) is 0 Å². The first-order valence-electron chi connectivity index (χ1n) is 5.24. The molecule has 0 radical (unpaired) electrons. The number of carbonyl (C=O) groups excluding carboxylic acids is 1. The summed E-state index contributed by atoms with van der Waals surface area (Å²) in [5.74, 6) is -0.996. The van der Waals surface area contributed by atoms with Crippen molar-refractivity contribution in [3.05, 3.63) is 27.8 Å². The van der Waals surface area contributed by atoms with Crippen LogP contribution in [0.3, 0.4) is 0 Å². The molecule has 0 aliphatic heterocycles. The lowest BCUT2D eigenvalue weighted by Gasteiger charge is -2.20. The minimum atomic E-state index is -1.30. The van der Waals surface area contributed by atoms with Gasteiger partial charge in [-0.15, -0.1) is 0 Å². The molecule has 0 saturated heterocycles. The van der Waals surface area contributed by atoms with E-state index < -0.39 is 17.4 Å². The Kier molecular flexibility index (Phi) is 4.94. The molecule has 0 atom stereocenters. The fraction of sp³-hybridized carbons (Fsp3) is 0.333. The van der Waals surface area contributed by atoms with Crippen LogP contribution in [-0.4, -0.2) is 29.1 Å². The maximum atomic E-state index is 11.5. The largest absolute Gasteiger partial charge is 0.484 e. The van der Waals surface area contributed by atoms with E-state index in [1.54, 1.807) is 12.1 Å². The summed E-state index contributed by atoms with van der Waals surface area (Å²) in [6.45, 7) is 2.62. The van der Waals surface area contributed by atoms with Gasteiger partial charge in [0.1, 0.15) is 11.3 Å². The van der Waals surface area contributed by atoms with Crippen LogP contribution in [0.25, 0.3) is 0 Å². The van der Waals surface area contributed by atoms with E-state index in [0.717, 1.165) is 3.57 Å². The summed E-state index contributed by atoms with van der Waals surface area (Å²) in [5, 5.41) is 11.2. The summed E-state index contributed by atoms with van der Waals surface area (Å²) in [4.78, 5) is 22.3. The second-order valence-corrected chi connectivity index (χ2v) is 5.47. The predicted molar refractivity (Wildman–Crippen MR) is 74.5 cm³/mol. The molecule has 0 aliphatic carbocycles. The molecule has 2 N–H and O–H groups in total. The summed E-state index contributed by atoms with van der Waals surface area (Å²) >= 11 is 2.16. The van der Waals surface area contributed by atoms with Crippen LogP contribution in [0.4, 0.5) is 0 Å². The third-order valence-corrected chi connectivity index (χ3v) is 2.89. The van der Waals surface area contributed by atoms with Gasteiger partial charge in [-0.25, -0.2) is 4.79 Å². The highest BCUT2D eigenvalue weighted by Gasteiger charge is 2.28. The molecule has 1 aromatic carbocycles. The minimum Gasteiger partial charge on any atom is -0.484 e. The third kappa shape index (κ3) is 4.52. The zero-order valence-corrected chi connectivity index (χ0v) is 12.2. The molecule has 1 rings (SSSR count). The third-order valence-electron chi connectivity index (χ3n) is 2.17. The number of ether oxygens (including phenoxy) is 1. The molecule has 18 heavy (non-hydrogen) atoms. The first kappa shape index (κ1) is 14.7. The van der Waals surface area contributed by atoms with Gasteiger partial charge in [0.15, 0.2) is 6.61 Å². The van der Waals surface area contributed by atoms with E-state index in [-0.39, 0.29) is 6.61 Å². The summed E-state index contributed by atoms with van der Waals surface area (Å²) in [5.41, 5.74) is -1.30. The van der Waals surface area contributed by atoms with Crippen LogP contribution in [0.5, 0.6) is 5.75 Å². The summed E-state index contributed by atoms with van der Waals surface area (Å²) in [7, 11) is 0. The average Bonchev–Trinajstić information content (AvgIpc) is 2.27. The van der Waals surface area contributed by atoms with Gasteiger partial charge < -0.3 is 15.2 Å². The standard InChI is InChI=1S/C12H14INO4/c1-12(2,11(16)17)14-10(15)7-18-9-5-3-8(13)4-6-9/h3-6H,7H2,1-2H3,(H,14,15)(H,16,17). The molecule has 0 aliphatic rings. The number of hydrogen-bond donors (Lipinski definition) is 2. The highest BCUT2D eigenvalue weighted by Crippen LogP contribution is 2.13. The molecule has 6 heteroatoms. The highest BCUT2D eigenvalue weighted by atomic mass is 127.